The lowest BCUT2D eigenvalue weighted by atomic mass is 9.88. The first kappa shape index (κ1) is 54.4. The van der Waals surface area contributed by atoms with Crippen LogP contribution in [0.5, 0.6) is 0 Å². The average Bonchev–Trinajstić information content (AvgIpc) is 4.00. The molecule has 2 unspecified atom stereocenters. The second kappa shape index (κ2) is 30.9. The number of nitrogens with zero attached hydrogens (tertiary/aromatic N) is 4. The predicted molar refractivity (Wildman–Crippen MR) is 295 cm³/mol. The van der Waals surface area contributed by atoms with Gasteiger partial charge in [0.2, 0.25) is 0 Å². The minimum Gasteiger partial charge on any atom is -0.394 e. The van der Waals surface area contributed by atoms with E-state index < -0.39 is 0 Å². The molecule has 8 rings (SSSR count). The highest BCUT2D eigenvalue weighted by atomic mass is 31.0. The van der Waals surface area contributed by atoms with Crippen molar-refractivity contribution >= 4 is 27.0 Å². The summed E-state index contributed by atoms with van der Waals surface area (Å²) in [6, 6.07) is 53.7. The van der Waals surface area contributed by atoms with Crippen molar-refractivity contribution in [2.45, 2.75) is 142 Å². The van der Waals surface area contributed by atoms with Gasteiger partial charge in [0, 0.05) is 52.5 Å². The third-order valence-corrected chi connectivity index (χ3v) is 12.5. The van der Waals surface area contributed by atoms with E-state index in [9.17, 15) is 5.11 Å². The minimum atomic E-state index is -0.0376. The molecule has 2 aliphatic carbocycles. The summed E-state index contributed by atoms with van der Waals surface area (Å²) in [5.74, 6) is 0. The lowest BCUT2D eigenvalue weighted by Gasteiger charge is -2.41. The summed E-state index contributed by atoms with van der Waals surface area (Å²) in [5, 5.41) is 11.1. The highest BCUT2D eigenvalue weighted by Crippen LogP contribution is 2.37. The second-order valence-electron chi connectivity index (χ2n) is 17.8. The molecule has 2 fully saturated rings. The Morgan fingerprint density at radius 1 is 0.642 bits per heavy atom. The van der Waals surface area contributed by atoms with E-state index >= 15 is 0 Å². The van der Waals surface area contributed by atoms with Gasteiger partial charge in [-0.15, -0.1) is 6.58 Å². The van der Waals surface area contributed by atoms with Gasteiger partial charge in [0.05, 0.1) is 35.1 Å². The van der Waals surface area contributed by atoms with Crippen LogP contribution in [0.1, 0.15) is 138 Å². The summed E-state index contributed by atoms with van der Waals surface area (Å²) < 4.78 is 0. The van der Waals surface area contributed by atoms with Crippen LogP contribution in [0.4, 0.5) is 5.69 Å². The van der Waals surface area contributed by atoms with E-state index in [0.29, 0.717) is 18.1 Å². The highest BCUT2D eigenvalue weighted by molar-refractivity contribution is 6.92. The van der Waals surface area contributed by atoms with Crippen LogP contribution in [-0.2, 0) is 6.42 Å². The minimum absolute atomic E-state index is 0. The van der Waals surface area contributed by atoms with Gasteiger partial charge >= 0.3 is 0 Å². The van der Waals surface area contributed by atoms with Crippen LogP contribution < -0.4 is 10.3 Å². The number of aliphatic hydroxyl groups is 1. The van der Waals surface area contributed by atoms with Crippen LogP contribution in [0.2, 0.25) is 0 Å². The van der Waals surface area contributed by atoms with E-state index in [0.717, 1.165) is 30.8 Å². The summed E-state index contributed by atoms with van der Waals surface area (Å²) >= 11 is 0. The smallest absolute Gasteiger partial charge is 0.0866 e. The van der Waals surface area contributed by atoms with Crippen molar-refractivity contribution in [1.82, 2.24) is 0 Å². The average molecular weight is 917 g/mol. The Balaban J connectivity index is 0.000000221. The van der Waals surface area contributed by atoms with Crippen LogP contribution in [0.15, 0.2) is 179 Å². The molecule has 0 spiro atoms. The number of aliphatic hydroxyl groups excluding tert-OH is 1. The number of hydrogen-bond acceptors (Lipinski definition) is 5. The Labute approximate surface area is 408 Å². The van der Waals surface area contributed by atoms with Crippen LogP contribution >= 0.6 is 9.90 Å². The van der Waals surface area contributed by atoms with E-state index in [-0.39, 0.29) is 22.5 Å². The molecule has 0 heterocycles. The molecule has 5 nitrogen and oxygen atoms in total. The zero-order chi connectivity index (χ0) is 46.8. The normalized spacial score (nSPS) is 14.8. The van der Waals surface area contributed by atoms with Gasteiger partial charge in [0.15, 0.2) is 0 Å². The number of allylic oxidation sites excluding steroid dienone is 1. The van der Waals surface area contributed by atoms with Crippen molar-refractivity contribution in [2.24, 2.45) is 15.0 Å². The summed E-state index contributed by atoms with van der Waals surface area (Å²) in [5.41, 5.74) is 11.0. The molecule has 0 radical (unpaired) electrons. The largest absolute Gasteiger partial charge is 0.394 e. The fourth-order valence-electron chi connectivity index (χ4n) is 9.24. The summed E-state index contributed by atoms with van der Waals surface area (Å²) in [4.78, 5) is 17.3. The molecule has 0 aromatic heterocycles. The van der Waals surface area contributed by atoms with Crippen LogP contribution in [0.25, 0.3) is 0 Å². The maximum atomic E-state index is 9.93. The lowest BCUT2D eigenvalue weighted by Crippen LogP contribution is -2.45. The topological polar surface area (TPSA) is 60.5 Å². The lowest BCUT2D eigenvalue weighted by molar-refractivity contribution is 0.264. The zero-order valence-electron chi connectivity index (χ0n) is 41.6. The Bertz CT molecular complexity index is 2190. The van der Waals surface area contributed by atoms with Crippen molar-refractivity contribution in [1.29, 1.82) is 0 Å². The summed E-state index contributed by atoms with van der Waals surface area (Å²) in [6.07, 6.45) is 18.5. The van der Waals surface area contributed by atoms with Gasteiger partial charge in [-0.25, -0.2) is 0 Å². The fraction of sp³-hybridized carbons (Fsp3) is 0.393. The van der Waals surface area contributed by atoms with Gasteiger partial charge in [-0.1, -0.05) is 210 Å². The van der Waals surface area contributed by atoms with Crippen LogP contribution in [0.3, 0.4) is 0 Å². The summed E-state index contributed by atoms with van der Waals surface area (Å²) in [7, 11) is 0. The number of anilines is 1. The highest BCUT2D eigenvalue weighted by Gasteiger charge is 2.35. The maximum absolute atomic E-state index is 9.93. The maximum Gasteiger partial charge on any atom is 0.0866 e. The van der Waals surface area contributed by atoms with Crippen molar-refractivity contribution < 1.29 is 5.11 Å². The van der Waals surface area contributed by atoms with Gasteiger partial charge < -0.3 is 10.0 Å². The SMILES string of the molecule is C=CC.CCC[C@@H](C)N=C(c1ccccc1)c1ccccc1.CCN=C(c1ccccc1)c1ccccc1.Cc1c(N(C2CCCCC2)C2CCCCC2)c1=NC(CO)Cc1ccccc1.P. The first-order valence-electron chi connectivity index (χ1n) is 25.1. The molecule has 0 aliphatic heterocycles. The van der Waals surface area contributed by atoms with Gasteiger partial charge in [-0.2, -0.15) is 9.90 Å². The number of hydrogen-bond donors (Lipinski definition) is 1. The van der Waals surface area contributed by atoms with Crippen LogP contribution in [0, 0.1) is 6.92 Å². The quantitative estimate of drug-likeness (QED) is 0.0634. The van der Waals surface area contributed by atoms with Gasteiger partial charge in [-0.3, -0.25) is 15.0 Å². The molecule has 356 valence electrons. The van der Waals surface area contributed by atoms with Crippen molar-refractivity contribution in [3.8, 4) is 0 Å². The van der Waals surface area contributed by atoms with Gasteiger partial charge in [0.25, 0.3) is 0 Å². The standard InChI is InChI=1S/C25H36N2O.C18H21N.C15H15N.C3H6.H3P/c1-19-24(26-21(18-28)17-20-11-5-2-6-12-20)25(19)27(22-13-7-3-8-14-22)23-15-9-4-10-16-23;1-3-10-15(2)19-18(16-11-6-4-7-12-16)17-13-8-5-9-14-17;1-2-16-15(13-9-5-3-6-10-13)14-11-7-4-8-12-14;1-3-2;/h2,5-6,11-12,21-23,28H,3-4,7-10,13-18H2,1H3;4-9,11-15H,3,10H2,1-2H3;3-12H,2H2,1H3;3H,1H2,2H3;1H3/t;15-;;;/m.1.../s1. The van der Waals surface area contributed by atoms with Crippen molar-refractivity contribution in [3.05, 3.63) is 203 Å². The molecule has 2 aliphatic rings. The summed E-state index contributed by atoms with van der Waals surface area (Å²) in [6.45, 7) is 14.9. The molecular weight excluding hydrogens is 836 g/mol. The van der Waals surface area contributed by atoms with Gasteiger partial charge in [0.1, 0.15) is 0 Å². The molecular formula is C61H81N4OP. The second-order valence-corrected chi connectivity index (χ2v) is 17.8. The molecule has 0 bridgehead atoms. The first-order chi connectivity index (χ1) is 32.4. The molecule has 3 atom stereocenters. The molecule has 0 amide bonds. The Hall–Kier alpha value is -5.22. The molecule has 2 saturated carbocycles. The van der Waals surface area contributed by atoms with Gasteiger partial charge in [-0.05, 0) is 71.8 Å². The molecule has 6 heteroatoms. The van der Waals surface area contributed by atoms with E-state index in [2.05, 4.69) is 141 Å². The van der Waals surface area contributed by atoms with Crippen LogP contribution in [-0.4, -0.2) is 53.8 Å². The molecule has 6 aromatic rings. The molecule has 1 N–H and O–H groups in total. The Morgan fingerprint density at radius 3 is 1.40 bits per heavy atom. The predicted octanol–water partition coefficient (Wildman–Crippen LogP) is 14.4. The Morgan fingerprint density at radius 2 is 1.03 bits per heavy atom. The Kier molecular flexibility index (Phi) is 25.1. The number of aliphatic imine (C=N–C) groups is 2. The van der Waals surface area contributed by atoms with Crippen molar-refractivity contribution in [3.63, 3.8) is 0 Å². The zero-order valence-corrected chi connectivity index (χ0v) is 43.0. The molecule has 6 aromatic carbocycles. The monoisotopic (exact) mass is 917 g/mol. The van der Waals surface area contributed by atoms with E-state index in [1.54, 1.807) is 6.08 Å². The number of benzene rings is 5. The van der Waals surface area contributed by atoms with Crippen molar-refractivity contribution in [2.75, 3.05) is 18.1 Å². The van der Waals surface area contributed by atoms with E-state index in [1.807, 2.05) is 61.5 Å². The molecule has 0 saturated heterocycles. The number of rotatable bonds is 15. The third kappa shape index (κ3) is 17.7. The third-order valence-electron chi connectivity index (χ3n) is 12.5. The fourth-order valence-corrected chi connectivity index (χ4v) is 9.24. The molecule has 67 heavy (non-hydrogen) atoms. The van der Waals surface area contributed by atoms with E-state index in [1.165, 1.54) is 115 Å². The van der Waals surface area contributed by atoms with E-state index in [4.69, 9.17) is 9.98 Å². The first-order valence-corrected chi connectivity index (χ1v) is 25.1.